The van der Waals surface area contributed by atoms with Gasteiger partial charge in [-0.3, -0.25) is 9.59 Å². The monoisotopic (exact) mass is 525 g/mol. The van der Waals surface area contributed by atoms with Crippen LogP contribution >= 0.6 is 0 Å². The number of likely N-dealkylation sites (tertiary alicyclic amines) is 1. The van der Waals surface area contributed by atoms with E-state index < -0.39 is 11.5 Å². The number of piperazine rings is 1. The lowest BCUT2D eigenvalue weighted by Gasteiger charge is -2.52. The van der Waals surface area contributed by atoms with E-state index in [1.165, 1.54) is 0 Å². The molecule has 0 spiro atoms. The summed E-state index contributed by atoms with van der Waals surface area (Å²) in [4.78, 5) is 32.7. The van der Waals surface area contributed by atoms with Crippen molar-refractivity contribution in [3.63, 3.8) is 0 Å². The van der Waals surface area contributed by atoms with Gasteiger partial charge in [-0.15, -0.1) is 0 Å². The Labute approximate surface area is 231 Å². The van der Waals surface area contributed by atoms with E-state index in [-0.39, 0.29) is 36.1 Å². The van der Waals surface area contributed by atoms with Crippen LogP contribution in [0.15, 0.2) is 72.8 Å². The van der Waals surface area contributed by atoms with E-state index in [2.05, 4.69) is 19.2 Å². The summed E-state index contributed by atoms with van der Waals surface area (Å²) in [6, 6.07) is 23.7. The predicted molar refractivity (Wildman–Crippen MR) is 153 cm³/mol. The molecule has 3 aromatic carbocycles. The molecule has 204 valence electrons. The topological polar surface area (TPSA) is 72.9 Å². The van der Waals surface area contributed by atoms with Crippen LogP contribution in [0.4, 0.5) is 0 Å². The molecule has 2 aliphatic heterocycles. The van der Waals surface area contributed by atoms with E-state index in [1.54, 1.807) is 0 Å². The van der Waals surface area contributed by atoms with Crippen molar-refractivity contribution in [3.8, 4) is 5.75 Å². The summed E-state index contributed by atoms with van der Waals surface area (Å²) in [6.45, 7) is 9.62. The zero-order valence-corrected chi connectivity index (χ0v) is 23.4. The fourth-order valence-electron chi connectivity index (χ4n) is 6.73. The standard InChI is InChI=1S/C33H39N3O3/c1-22-17-27(18-23(2)30(22)38)31-33(28-13-9-6-10-14-28,32(39)35-19-24(3)34-25(4)20-35)16-15-29(37)36(31)21-26-11-7-5-8-12-26/h5-14,17-18,24-25,31,34,38H,15-16,19-21H2,1-4H3/t24-,25?,31?,33?/m1/s1. The van der Waals surface area contributed by atoms with E-state index in [9.17, 15) is 9.90 Å². The van der Waals surface area contributed by atoms with Crippen LogP contribution in [0.5, 0.6) is 5.75 Å². The molecular formula is C33H39N3O3. The molecule has 2 aliphatic rings. The molecule has 0 radical (unpaired) electrons. The number of carbonyl (C=O) groups excluding carboxylic acids is 2. The summed E-state index contributed by atoms with van der Waals surface area (Å²) in [5, 5.41) is 14.2. The Morgan fingerprint density at radius 2 is 1.51 bits per heavy atom. The van der Waals surface area contributed by atoms with Gasteiger partial charge in [-0.05, 0) is 61.9 Å². The zero-order valence-electron chi connectivity index (χ0n) is 23.4. The lowest BCUT2D eigenvalue weighted by atomic mass is 9.64. The van der Waals surface area contributed by atoms with Crippen LogP contribution in [-0.2, 0) is 21.5 Å². The van der Waals surface area contributed by atoms with Gasteiger partial charge < -0.3 is 20.2 Å². The van der Waals surface area contributed by atoms with Crippen LogP contribution < -0.4 is 5.32 Å². The van der Waals surface area contributed by atoms with Gasteiger partial charge in [0.2, 0.25) is 11.8 Å². The molecule has 5 rings (SSSR count). The summed E-state index contributed by atoms with van der Waals surface area (Å²) in [6.07, 6.45) is 0.716. The first-order valence-electron chi connectivity index (χ1n) is 13.9. The number of rotatable bonds is 5. The Morgan fingerprint density at radius 3 is 2.10 bits per heavy atom. The molecule has 0 bridgehead atoms. The summed E-state index contributed by atoms with van der Waals surface area (Å²) in [5.74, 6) is 0.346. The molecule has 2 heterocycles. The fraction of sp³-hybridized carbons (Fsp3) is 0.394. The molecule has 3 aromatic rings. The molecule has 4 atom stereocenters. The van der Waals surface area contributed by atoms with Crippen LogP contribution in [0.1, 0.15) is 60.5 Å². The molecule has 39 heavy (non-hydrogen) atoms. The van der Waals surface area contributed by atoms with Crippen molar-refractivity contribution in [2.45, 2.75) is 70.6 Å². The summed E-state index contributed by atoms with van der Waals surface area (Å²) >= 11 is 0. The minimum Gasteiger partial charge on any atom is -0.507 e. The predicted octanol–water partition coefficient (Wildman–Crippen LogP) is 5.02. The smallest absolute Gasteiger partial charge is 0.235 e. The van der Waals surface area contributed by atoms with Gasteiger partial charge in [0.15, 0.2) is 0 Å². The number of phenolic OH excluding ortho intramolecular Hbond substituents is 1. The summed E-state index contributed by atoms with van der Waals surface area (Å²) in [7, 11) is 0. The van der Waals surface area contributed by atoms with Gasteiger partial charge in [-0.25, -0.2) is 0 Å². The number of hydrogen-bond acceptors (Lipinski definition) is 4. The molecule has 0 aliphatic carbocycles. The summed E-state index contributed by atoms with van der Waals surface area (Å²) in [5.41, 5.74) is 3.32. The van der Waals surface area contributed by atoms with Gasteiger partial charge in [0.25, 0.3) is 0 Å². The first kappa shape index (κ1) is 26.9. The maximum Gasteiger partial charge on any atom is 0.235 e. The number of nitrogens with zero attached hydrogens (tertiary/aromatic N) is 2. The minimum absolute atomic E-state index is 0.0358. The Hall–Kier alpha value is -3.64. The molecule has 2 saturated heterocycles. The lowest BCUT2D eigenvalue weighted by molar-refractivity contribution is -0.153. The molecule has 2 N–H and O–H groups in total. The third-order valence-electron chi connectivity index (χ3n) is 8.37. The molecule has 2 amide bonds. The Balaban J connectivity index is 1.74. The average molecular weight is 526 g/mol. The van der Waals surface area contributed by atoms with Gasteiger partial charge in [0.1, 0.15) is 5.75 Å². The Morgan fingerprint density at radius 1 is 0.949 bits per heavy atom. The molecule has 6 heteroatoms. The lowest BCUT2D eigenvalue weighted by Crippen LogP contribution is -2.63. The molecular weight excluding hydrogens is 486 g/mol. The van der Waals surface area contributed by atoms with Crippen molar-refractivity contribution in [3.05, 3.63) is 101 Å². The third kappa shape index (κ3) is 5.06. The van der Waals surface area contributed by atoms with Crippen LogP contribution in [0.25, 0.3) is 0 Å². The van der Waals surface area contributed by atoms with Crippen molar-refractivity contribution >= 4 is 11.8 Å². The summed E-state index contributed by atoms with van der Waals surface area (Å²) < 4.78 is 0. The van der Waals surface area contributed by atoms with Crippen LogP contribution in [0.3, 0.4) is 0 Å². The van der Waals surface area contributed by atoms with Gasteiger partial charge in [-0.1, -0.05) is 72.8 Å². The second-order valence-electron chi connectivity index (χ2n) is 11.4. The Bertz CT molecular complexity index is 1310. The van der Waals surface area contributed by atoms with Gasteiger partial charge >= 0.3 is 0 Å². The molecule has 0 saturated carbocycles. The van der Waals surface area contributed by atoms with Crippen LogP contribution in [-0.4, -0.2) is 51.9 Å². The van der Waals surface area contributed by atoms with E-state index in [0.717, 1.165) is 27.8 Å². The number of amides is 2. The Kier molecular flexibility index (Phi) is 7.50. The van der Waals surface area contributed by atoms with Crippen molar-refractivity contribution in [2.75, 3.05) is 13.1 Å². The van der Waals surface area contributed by atoms with Gasteiger partial charge in [-0.2, -0.15) is 0 Å². The van der Waals surface area contributed by atoms with Crippen molar-refractivity contribution in [1.29, 1.82) is 0 Å². The third-order valence-corrected chi connectivity index (χ3v) is 8.37. The number of piperidine rings is 1. The van der Waals surface area contributed by atoms with Gasteiger partial charge in [0, 0.05) is 38.1 Å². The number of hydrogen-bond donors (Lipinski definition) is 2. The molecule has 2 fully saturated rings. The second kappa shape index (κ2) is 10.9. The minimum atomic E-state index is -0.976. The first-order chi connectivity index (χ1) is 18.7. The van der Waals surface area contributed by atoms with E-state index >= 15 is 4.79 Å². The second-order valence-corrected chi connectivity index (χ2v) is 11.4. The molecule has 0 aromatic heterocycles. The number of phenols is 1. The zero-order chi connectivity index (χ0) is 27.7. The highest BCUT2D eigenvalue weighted by Gasteiger charge is 2.56. The normalized spacial score (nSPS) is 25.5. The van der Waals surface area contributed by atoms with Crippen LogP contribution in [0, 0.1) is 13.8 Å². The number of benzene rings is 3. The van der Waals surface area contributed by atoms with E-state index in [0.29, 0.717) is 26.1 Å². The van der Waals surface area contributed by atoms with Crippen molar-refractivity contribution < 1.29 is 14.7 Å². The number of nitrogens with one attached hydrogen (secondary N) is 1. The quantitative estimate of drug-likeness (QED) is 0.491. The highest BCUT2D eigenvalue weighted by atomic mass is 16.3. The number of aryl methyl sites for hydroxylation is 2. The van der Waals surface area contributed by atoms with Crippen LogP contribution in [0.2, 0.25) is 0 Å². The fourth-order valence-corrected chi connectivity index (χ4v) is 6.73. The highest BCUT2D eigenvalue weighted by molar-refractivity contribution is 5.93. The maximum absolute atomic E-state index is 15.0. The van der Waals surface area contributed by atoms with Gasteiger partial charge in [0.05, 0.1) is 11.5 Å². The highest BCUT2D eigenvalue weighted by Crippen LogP contribution is 2.51. The maximum atomic E-state index is 15.0. The number of carbonyl (C=O) groups is 2. The van der Waals surface area contributed by atoms with Crippen molar-refractivity contribution in [2.24, 2.45) is 0 Å². The van der Waals surface area contributed by atoms with E-state index in [4.69, 9.17) is 0 Å². The first-order valence-corrected chi connectivity index (χ1v) is 13.9. The SMILES string of the molecule is Cc1cc(C2N(Cc3ccccc3)C(=O)CCC2(C(=O)N2CC(C)N[C@H](C)C2)c2ccccc2)cc(C)c1O. The average Bonchev–Trinajstić information content (AvgIpc) is 2.92. The molecule has 3 unspecified atom stereocenters. The van der Waals surface area contributed by atoms with Crippen molar-refractivity contribution in [1.82, 2.24) is 15.1 Å². The number of aromatic hydroxyl groups is 1. The molecule has 6 nitrogen and oxygen atoms in total. The largest absolute Gasteiger partial charge is 0.507 e. The van der Waals surface area contributed by atoms with E-state index in [1.807, 2.05) is 96.4 Å².